The molecule has 0 bridgehead atoms. The first-order valence-corrected chi connectivity index (χ1v) is 13.2. The third-order valence-corrected chi connectivity index (χ3v) is 7.93. The van der Waals surface area contributed by atoms with Gasteiger partial charge in [0.2, 0.25) is 5.82 Å². The van der Waals surface area contributed by atoms with Crippen LogP contribution in [0.3, 0.4) is 0 Å². The Bertz CT molecular complexity index is 1050. The zero-order chi connectivity index (χ0) is 25.7. The van der Waals surface area contributed by atoms with Crippen molar-refractivity contribution in [1.29, 1.82) is 0 Å². The largest absolute Gasteiger partial charge is 0.491 e. The van der Waals surface area contributed by atoms with Gasteiger partial charge in [-0.1, -0.05) is 37.1 Å². The Morgan fingerprint density at radius 2 is 1.50 bits per heavy atom. The van der Waals surface area contributed by atoms with E-state index in [1.165, 1.54) is 30.7 Å². The third-order valence-electron chi connectivity index (χ3n) is 7.93. The van der Waals surface area contributed by atoms with Crippen LogP contribution in [0.4, 0.5) is 17.6 Å². The van der Waals surface area contributed by atoms with Crippen molar-refractivity contribution in [3.63, 3.8) is 0 Å². The second-order valence-corrected chi connectivity index (χ2v) is 10.1. The molecule has 2 aliphatic rings. The molecule has 1 heterocycles. The molecule has 0 radical (unpaired) electrons. The highest BCUT2D eigenvalue weighted by Gasteiger charge is 2.31. The van der Waals surface area contributed by atoms with Gasteiger partial charge in [-0.3, -0.25) is 0 Å². The van der Waals surface area contributed by atoms with Gasteiger partial charge in [0.25, 0.3) is 0 Å². The van der Waals surface area contributed by atoms with E-state index in [-0.39, 0.29) is 35.2 Å². The van der Waals surface area contributed by atoms with Crippen LogP contribution in [0.25, 0.3) is 11.1 Å². The molecule has 196 valence electrons. The van der Waals surface area contributed by atoms with Gasteiger partial charge in [0.15, 0.2) is 23.2 Å². The van der Waals surface area contributed by atoms with Crippen LogP contribution in [0.2, 0.25) is 0 Å². The Morgan fingerprint density at radius 1 is 0.833 bits per heavy atom. The standard InChI is InChI=1S/C30H36F4O2/c1-3-5-23-14-12-22(18-36-23)20-9-6-19(7-10-20)8-11-21-13-15-24(28(32)27(21)31)25-16-17-26(35-4-2)30(34)29(25)33/h3,5,13,15-17,19-20,22-23H,4,6-12,14,18H2,1-2H3/b5-3+. The molecule has 2 atom stereocenters. The van der Waals surface area contributed by atoms with E-state index in [2.05, 4.69) is 12.2 Å². The molecule has 6 heteroatoms. The molecule has 0 spiro atoms. The first-order chi connectivity index (χ1) is 17.4. The lowest BCUT2D eigenvalue weighted by molar-refractivity contribution is -0.0168. The monoisotopic (exact) mass is 504 g/mol. The highest BCUT2D eigenvalue weighted by Crippen LogP contribution is 2.39. The van der Waals surface area contributed by atoms with Gasteiger partial charge in [-0.25, -0.2) is 13.2 Å². The summed E-state index contributed by atoms with van der Waals surface area (Å²) in [5.74, 6) is -3.03. The summed E-state index contributed by atoms with van der Waals surface area (Å²) in [6.07, 6.45) is 12.5. The van der Waals surface area contributed by atoms with E-state index in [4.69, 9.17) is 9.47 Å². The van der Waals surface area contributed by atoms with E-state index in [1.54, 1.807) is 6.92 Å². The molecular formula is C30H36F4O2. The van der Waals surface area contributed by atoms with Crippen LogP contribution in [-0.2, 0) is 11.2 Å². The van der Waals surface area contributed by atoms with E-state index in [0.29, 0.717) is 24.2 Å². The minimum atomic E-state index is -1.25. The van der Waals surface area contributed by atoms with Crippen molar-refractivity contribution in [3.8, 4) is 16.9 Å². The maximum Gasteiger partial charge on any atom is 0.201 e. The highest BCUT2D eigenvalue weighted by atomic mass is 19.2. The number of halogens is 4. The number of aryl methyl sites for hydroxylation is 1. The maximum absolute atomic E-state index is 14.9. The van der Waals surface area contributed by atoms with Crippen molar-refractivity contribution in [1.82, 2.24) is 0 Å². The molecule has 0 N–H and O–H groups in total. The molecule has 2 nitrogen and oxygen atoms in total. The van der Waals surface area contributed by atoms with Crippen LogP contribution in [0.15, 0.2) is 36.4 Å². The predicted molar refractivity (Wildman–Crippen MR) is 134 cm³/mol. The van der Waals surface area contributed by atoms with Crippen molar-refractivity contribution >= 4 is 0 Å². The molecule has 1 aliphatic heterocycles. The summed E-state index contributed by atoms with van der Waals surface area (Å²) in [6, 6.07) is 5.29. The summed E-state index contributed by atoms with van der Waals surface area (Å²) in [5, 5.41) is 0. The summed E-state index contributed by atoms with van der Waals surface area (Å²) < 4.78 is 69.6. The smallest absolute Gasteiger partial charge is 0.201 e. The van der Waals surface area contributed by atoms with Crippen molar-refractivity contribution in [3.05, 3.63) is 65.2 Å². The fourth-order valence-electron chi connectivity index (χ4n) is 5.84. The van der Waals surface area contributed by atoms with E-state index < -0.39 is 23.3 Å². The number of ether oxygens (including phenoxy) is 2. The van der Waals surface area contributed by atoms with Gasteiger partial charge >= 0.3 is 0 Å². The van der Waals surface area contributed by atoms with Crippen molar-refractivity contribution in [2.24, 2.45) is 17.8 Å². The highest BCUT2D eigenvalue weighted by molar-refractivity contribution is 5.66. The average molecular weight is 505 g/mol. The first kappa shape index (κ1) is 26.7. The molecule has 4 rings (SSSR count). The molecule has 36 heavy (non-hydrogen) atoms. The molecule has 0 amide bonds. The Balaban J connectivity index is 1.33. The van der Waals surface area contributed by atoms with Crippen LogP contribution >= 0.6 is 0 Å². The third kappa shape index (κ3) is 5.96. The topological polar surface area (TPSA) is 18.5 Å². The van der Waals surface area contributed by atoms with Gasteiger partial charge < -0.3 is 9.47 Å². The van der Waals surface area contributed by atoms with Crippen LogP contribution in [0.1, 0.15) is 64.4 Å². The van der Waals surface area contributed by atoms with Gasteiger partial charge in [0.05, 0.1) is 19.3 Å². The van der Waals surface area contributed by atoms with Gasteiger partial charge in [-0.15, -0.1) is 0 Å². The second-order valence-electron chi connectivity index (χ2n) is 10.1. The molecule has 2 aromatic carbocycles. The molecule has 2 unspecified atom stereocenters. The number of hydrogen-bond donors (Lipinski definition) is 0. The lowest BCUT2D eigenvalue weighted by atomic mass is 9.72. The molecule has 2 aromatic rings. The fourth-order valence-corrected chi connectivity index (χ4v) is 5.84. The van der Waals surface area contributed by atoms with Gasteiger partial charge in [0.1, 0.15) is 0 Å². The minimum Gasteiger partial charge on any atom is -0.491 e. The van der Waals surface area contributed by atoms with Gasteiger partial charge in [0, 0.05) is 11.1 Å². The van der Waals surface area contributed by atoms with Crippen LogP contribution < -0.4 is 4.74 Å². The SMILES string of the molecule is C/C=C/C1CCC(C2CCC(CCc3ccc(-c4ccc(OCC)c(F)c4F)c(F)c3F)CC2)CO1. The molecular weight excluding hydrogens is 468 g/mol. The van der Waals surface area contributed by atoms with E-state index in [0.717, 1.165) is 45.1 Å². The molecule has 1 saturated heterocycles. The Hall–Kier alpha value is -2.34. The summed E-state index contributed by atoms with van der Waals surface area (Å²) in [6.45, 7) is 4.67. The zero-order valence-corrected chi connectivity index (χ0v) is 21.2. The summed E-state index contributed by atoms with van der Waals surface area (Å²) in [7, 11) is 0. The second kappa shape index (κ2) is 12.3. The Kier molecular flexibility index (Phi) is 9.10. The molecule has 1 aliphatic carbocycles. The number of allylic oxidation sites excluding steroid dienone is 1. The lowest BCUT2D eigenvalue weighted by Crippen LogP contribution is -2.31. The lowest BCUT2D eigenvalue weighted by Gasteiger charge is -2.37. The first-order valence-electron chi connectivity index (χ1n) is 13.2. The van der Waals surface area contributed by atoms with Crippen LogP contribution in [0.5, 0.6) is 5.75 Å². The van der Waals surface area contributed by atoms with Crippen LogP contribution in [-0.4, -0.2) is 19.3 Å². The van der Waals surface area contributed by atoms with Gasteiger partial charge in [-0.05, 0) is 87.8 Å². The number of rotatable bonds is 8. The quantitative estimate of drug-likeness (QED) is 0.265. The Morgan fingerprint density at radius 3 is 2.14 bits per heavy atom. The number of benzene rings is 2. The van der Waals surface area contributed by atoms with Crippen LogP contribution in [0, 0.1) is 41.0 Å². The van der Waals surface area contributed by atoms with E-state index >= 15 is 0 Å². The molecule has 2 fully saturated rings. The van der Waals surface area contributed by atoms with Crippen molar-refractivity contribution in [2.45, 2.75) is 71.3 Å². The van der Waals surface area contributed by atoms with E-state index in [1.807, 2.05) is 6.92 Å². The predicted octanol–water partition coefficient (Wildman–Crippen LogP) is 8.42. The van der Waals surface area contributed by atoms with Crippen molar-refractivity contribution in [2.75, 3.05) is 13.2 Å². The zero-order valence-electron chi connectivity index (χ0n) is 21.2. The molecule has 1 saturated carbocycles. The minimum absolute atomic E-state index is 0.168. The summed E-state index contributed by atoms with van der Waals surface area (Å²) >= 11 is 0. The average Bonchev–Trinajstić information content (AvgIpc) is 2.89. The summed E-state index contributed by atoms with van der Waals surface area (Å²) in [5.41, 5.74) is -0.329. The van der Waals surface area contributed by atoms with Gasteiger partial charge in [-0.2, -0.15) is 4.39 Å². The fraction of sp³-hybridized carbons (Fsp3) is 0.533. The molecule has 0 aromatic heterocycles. The Labute approximate surface area is 211 Å². The normalized spacial score (nSPS) is 24.8. The van der Waals surface area contributed by atoms with E-state index in [9.17, 15) is 17.6 Å². The van der Waals surface area contributed by atoms with Crippen molar-refractivity contribution < 1.29 is 27.0 Å². The maximum atomic E-state index is 14.9. The summed E-state index contributed by atoms with van der Waals surface area (Å²) in [4.78, 5) is 0. The number of hydrogen-bond acceptors (Lipinski definition) is 2.